The van der Waals surface area contributed by atoms with Crippen LogP contribution in [0, 0.1) is 0 Å². The number of furan rings is 1. The van der Waals surface area contributed by atoms with Crippen LogP contribution in [-0.4, -0.2) is 24.4 Å². The summed E-state index contributed by atoms with van der Waals surface area (Å²) in [6, 6.07) is 12.0. The Hall–Kier alpha value is -1.14. The van der Waals surface area contributed by atoms with Crippen LogP contribution in [0.25, 0.3) is 0 Å². The third-order valence-corrected chi connectivity index (χ3v) is 3.69. The lowest BCUT2D eigenvalue weighted by Crippen LogP contribution is -2.32. The highest BCUT2D eigenvalue weighted by Crippen LogP contribution is 2.16. The number of nitrogens with one attached hydrogen (secondary N) is 1. The molecule has 0 bridgehead atoms. The van der Waals surface area contributed by atoms with E-state index in [-0.39, 0.29) is 12.6 Å². The molecule has 4 nitrogen and oxygen atoms in total. The summed E-state index contributed by atoms with van der Waals surface area (Å²) in [5.74, 6) is 0.762. The van der Waals surface area contributed by atoms with E-state index in [2.05, 4.69) is 40.3 Å². The number of halogens is 1. The van der Waals surface area contributed by atoms with Gasteiger partial charge in [-0.05, 0) is 36.8 Å². The van der Waals surface area contributed by atoms with Gasteiger partial charge in [0.15, 0.2) is 0 Å². The van der Waals surface area contributed by atoms with Gasteiger partial charge in [-0.3, -0.25) is 0 Å². The zero-order chi connectivity index (χ0) is 15.1. The first-order chi connectivity index (χ1) is 10.1. The van der Waals surface area contributed by atoms with Gasteiger partial charge in [-0.25, -0.2) is 0 Å². The van der Waals surface area contributed by atoms with Crippen LogP contribution in [0.5, 0.6) is 0 Å². The van der Waals surface area contributed by atoms with Gasteiger partial charge >= 0.3 is 0 Å². The number of hydrogen-bond donors (Lipinski definition) is 2. The first-order valence-corrected chi connectivity index (χ1v) is 7.71. The number of ether oxygens (including phenoxy) is 1. The van der Waals surface area contributed by atoms with Crippen molar-refractivity contribution in [2.45, 2.75) is 25.7 Å². The number of benzene rings is 1. The van der Waals surface area contributed by atoms with Crippen LogP contribution in [0.2, 0.25) is 0 Å². The molecule has 21 heavy (non-hydrogen) atoms. The lowest BCUT2D eigenvalue weighted by Gasteiger charge is -2.17. The molecule has 0 aliphatic rings. The molecule has 2 N–H and O–H groups in total. The van der Waals surface area contributed by atoms with Gasteiger partial charge in [-0.1, -0.05) is 28.1 Å². The maximum absolute atomic E-state index is 9.89. The maximum atomic E-state index is 9.89. The van der Waals surface area contributed by atoms with Crippen molar-refractivity contribution in [1.29, 1.82) is 0 Å². The molecule has 2 atom stereocenters. The van der Waals surface area contributed by atoms with Crippen LogP contribution in [0.15, 0.2) is 51.6 Å². The van der Waals surface area contributed by atoms with Crippen molar-refractivity contribution >= 4 is 15.9 Å². The Bertz CT molecular complexity index is 513. The van der Waals surface area contributed by atoms with E-state index in [1.54, 1.807) is 6.26 Å². The van der Waals surface area contributed by atoms with Gasteiger partial charge in [-0.2, -0.15) is 0 Å². The van der Waals surface area contributed by atoms with Crippen LogP contribution in [0.3, 0.4) is 0 Å². The molecule has 0 saturated carbocycles. The summed E-state index contributed by atoms with van der Waals surface area (Å²) < 4.78 is 11.6. The minimum absolute atomic E-state index is 0.179. The summed E-state index contributed by atoms with van der Waals surface area (Å²) in [5, 5.41) is 13.2. The zero-order valence-corrected chi connectivity index (χ0v) is 13.5. The van der Waals surface area contributed by atoms with Gasteiger partial charge < -0.3 is 19.6 Å². The van der Waals surface area contributed by atoms with Gasteiger partial charge in [0.25, 0.3) is 0 Å². The van der Waals surface area contributed by atoms with Gasteiger partial charge in [0.1, 0.15) is 12.4 Å². The van der Waals surface area contributed by atoms with Crippen molar-refractivity contribution in [3.8, 4) is 0 Å². The minimum atomic E-state index is -0.544. The van der Waals surface area contributed by atoms with E-state index >= 15 is 0 Å². The summed E-state index contributed by atoms with van der Waals surface area (Å²) in [5.41, 5.74) is 1.18. The van der Waals surface area contributed by atoms with Crippen molar-refractivity contribution in [2.75, 3.05) is 13.2 Å². The van der Waals surface area contributed by atoms with Crippen molar-refractivity contribution in [2.24, 2.45) is 0 Å². The smallest absolute Gasteiger partial charge is 0.129 e. The van der Waals surface area contributed by atoms with Crippen molar-refractivity contribution < 1.29 is 14.3 Å². The third kappa shape index (κ3) is 5.63. The van der Waals surface area contributed by atoms with E-state index in [1.807, 2.05) is 24.3 Å². The molecule has 5 heteroatoms. The second kappa shape index (κ2) is 8.34. The minimum Gasteiger partial charge on any atom is -0.467 e. The predicted molar refractivity (Wildman–Crippen MR) is 84.9 cm³/mol. The molecule has 0 aliphatic carbocycles. The number of aliphatic hydroxyl groups excluding tert-OH is 1. The fraction of sp³-hybridized carbons (Fsp3) is 0.375. The summed E-state index contributed by atoms with van der Waals surface area (Å²) in [4.78, 5) is 0. The van der Waals surface area contributed by atoms with E-state index in [0.29, 0.717) is 13.2 Å². The fourth-order valence-corrected chi connectivity index (χ4v) is 2.20. The summed E-state index contributed by atoms with van der Waals surface area (Å²) in [7, 11) is 0. The lowest BCUT2D eigenvalue weighted by molar-refractivity contribution is 0.0217. The molecule has 0 fully saturated rings. The lowest BCUT2D eigenvalue weighted by atomic mass is 10.1. The molecular weight excluding hydrogens is 334 g/mol. The molecular formula is C16H20BrNO3. The van der Waals surface area contributed by atoms with E-state index in [0.717, 1.165) is 10.2 Å². The predicted octanol–water partition coefficient (Wildman–Crippen LogP) is 3.27. The summed E-state index contributed by atoms with van der Waals surface area (Å²) in [6.45, 7) is 3.21. The molecule has 0 amide bonds. The van der Waals surface area contributed by atoms with E-state index in [9.17, 15) is 5.11 Å². The molecule has 2 aromatic rings. The van der Waals surface area contributed by atoms with Crippen LogP contribution in [-0.2, 0) is 11.3 Å². The zero-order valence-electron chi connectivity index (χ0n) is 12.0. The molecule has 0 saturated heterocycles. The van der Waals surface area contributed by atoms with Crippen molar-refractivity contribution in [1.82, 2.24) is 5.32 Å². The van der Waals surface area contributed by atoms with E-state index in [1.165, 1.54) is 5.56 Å². The Labute approximate surface area is 133 Å². The molecule has 114 valence electrons. The molecule has 0 aliphatic heterocycles. The monoisotopic (exact) mass is 353 g/mol. The Kier molecular flexibility index (Phi) is 6.45. The summed E-state index contributed by atoms with van der Waals surface area (Å²) >= 11 is 3.42. The molecule has 1 aromatic carbocycles. The fourth-order valence-electron chi connectivity index (χ4n) is 1.93. The quantitative estimate of drug-likeness (QED) is 0.764. The number of aliphatic hydroxyl groups is 1. The highest BCUT2D eigenvalue weighted by atomic mass is 79.9. The van der Waals surface area contributed by atoms with Gasteiger partial charge in [0.05, 0.1) is 19.0 Å². The largest absolute Gasteiger partial charge is 0.467 e. The Balaban J connectivity index is 1.66. The van der Waals surface area contributed by atoms with Crippen LogP contribution < -0.4 is 5.32 Å². The first kappa shape index (κ1) is 16.2. The van der Waals surface area contributed by atoms with Crippen molar-refractivity contribution in [3.05, 3.63) is 58.5 Å². The van der Waals surface area contributed by atoms with Crippen LogP contribution in [0.1, 0.15) is 24.3 Å². The molecule has 1 heterocycles. The number of hydrogen-bond acceptors (Lipinski definition) is 4. The average Bonchev–Trinajstić information content (AvgIpc) is 2.99. The van der Waals surface area contributed by atoms with Crippen LogP contribution >= 0.6 is 15.9 Å². The Morgan fingerprint density at radius 3 is 2.71 bits per heavy atom. The SMILES string of the molecule is CC(NCC(O)COCc1ccco1)c1ccc(Br)cc1. The summed E-state index contributed by atoms with van der Waals surface area (Å²) in [6.07, 6.45) is 1.06. The molecule has 0 radical (unpaired) electrons. The van der Waals surface area contributed by atoms with Crippen LogP contribution in [0.4, 0.5) is 0 Å². The Morgan fingerprint density at radius 2 is 2.05 bits per heavy atom. The highest BCUT2D eigenvalue weighted by molar-refractivity contribution is 9.10. The second-order valence-corrected chi connectivity index (χ2v) is 5.85. The number of rotatable bonds is 8. The average molecular weight is 354 g/mol. The molecule has 2 unspecified atom stereocenters. The van der Waals surface area contributed by atoms with Gasteiger partial charge in [-0.15, -0.1) is 0 Å². The molecule has 0 spiro atoms. The topological polar surface area (TPSA) is 54.6 Å². The van der Waals surface area contributed by atoms with Gasteiger partial charge in [0, 0.05) is 17.1 Å². The molecule has 1 aromatic heterocycles. The standard InChI is InChI=1S/C16H20BrNO3/c1-12(13-4-6-14(17)7-5-13)18-9-15(19)10-20-11-16-3-2-8-21-16/h2-8,12,15,18-19H,9-11H2,1H3. The normalized spacial score (nSPS) is 14.0. The first-order valence-electron chi connectivity index (χ1n) is 6.92. The maximum Gasteiger partial charge on any atom is 0.129 e. The highest BCUT2D eigenvalue weighted by Gasteiger charge is 2.09. The van der Waals surface area contributed by atoms with E-state index in [4.69, 9.17) is 9.15 Å². The van der Waals surface area contributed by atoms with Gasteiger partial charge in [0.2, 0.25) is 0 Å². The second-order valence-electron chi connectivity index (χ2n) is 4.93. The van der Waals surface area contributed by atoms with Crippen molar-refractivity contribution in [3.63, 3.8) is 0 Å². The third-order valence-electron chi connectivity index (χ3n) is 3.16. The van der Waals surface area contributed by atoms with E-state index < -0.39 is 6.10 Å². The Morgan fingerprint density at radius 1 is 1.29 bits per heavy atom. The molecule has 2 rings (SSSR count).